The lowest BCUT2D eigenvalue weighted by Crippen LogP contribution is -2.50. The number of aromatic hydroxyl groups is 1. The first kappa shape index (κ1) is 12.7. The van der Waals surface area contributed by atoms with Crippen LogP contribution in [0.2, 0.25) is 0 Å². The second kappa shape index (κ2) is 4.49. The summed E-state index contributed by atoms with van der Waals surface area (Å²) >= 11 is 0. The molecule has 2 atom stereocenters. The molecule has 2 unspecified atom stereocenters. The first-order chi connectivity index (χ1) is 9.65. The van der Waals surface area contributed by atoms with Crippen LogP contribution in [0.15, 0.2) is 18.2 Å². The zero-order valence-electron chi connectivity index (χ0n) is 12.4. The molecule has 1 aliphatic heterocycles. The second-order valence-electron chi connectivity index (χ2n) is 7.45. The van der Waals surface area contributed by atoms with Gasteiger partial charge in [-0.05, 0) is 79.2 Å². The largest absolute Gasteiger partial charge is 0.508 e. The molecule has 2 nitrogen and oxygen atoms in total. The van der Waals surface area contributed by atoms with Gasteiger partial charge in [0.1, 0.15) is 5.75 Å². The van der Waals surface area contributed by atoms with Crippen LogP contribution in [0.5, 0.6) is 5.75 Å². The Morgan fingerprint density at radius 2 is 2.15 bits per heavy atom. The summed E-state index contributed by atoms with van der Waals surface area (Å²) in [5, 5.41) is 9.86. The molecule has 108 valence electrons. The number of nitrogens with zero attached hydrogens (tertiary/aromatic N) is 1. The van der Waals surface area contributed by atoms with Crippen molar-refractivity contribution in [2.24, 2.45) is 11.8 Å². The fraction of sp³-hybridized carbons (Fsp3) is 0.667. The van der Waals surface area contributed by atoms with E-state index in [0.29, 0.717) is 5.75 Å². The highest BCUT2D eigenvalue weighted by molar-refractivity contribution is 5.42. The summed E-state index contributed by atoms with van der Waals surface area (Å²) in [7, 11) is 0. The maximum absolute atomic E-state index is 9.86. The minimum Gasteiger partial charge on any atom is -0.508 e. The van der Waals surface area contributed by atoms with Gasteiger partial charge in [0.05, 0.1) is 0 Å². The van der Waals surface area contributed by atoms with Gasteiger partial charge in [0.2, 0.25) is 0 Å². The number of hydrogen-bond donors (Lipinski definition) is 1. The van der Waals surface area contributed by atoms with Crippen molar-refractivity contribution in [1.29, 1.82) is 0 Å². The predicted octanol–water partition coefficient (Wildman–Crippen LogP) is 3.33. The number of phenolic OH excluding ortho intramolecular Hbond substituents is 1. The lowest BCUT2D eigenvalue weighted by Gasteiger charge is -2.50. The molecular weight excluding hydrogens is 246 g/mol. The molecule has 2 aliphatic carbocycles. The Hall–Kier alpha value is -1.02. The molecule has 0 bridgehead atoms. The van der Waals surface area contributed by atoms with E-state index in [2.05, 4.69) is 17.9 Å². The van der Waals surface area contributed by atoms with E-state index in [1.807, 2.05) is 12.1 Å². The van der Waals surface area contributed by atoms with Crippen LogP contribution in [0, 0.1) is 11.8 Å². The molecule has 0 spiro atoms. The number of rotatable bonds is 2. The van der Waals surface area contributed by atoms with E-state index in [-0.39, 0.29) is 5.41 Å². The Morgan fingerprint density at radius 1 is 1.30 bits per heavy atom. The number of phenols is 1. The van der Waals surface area contributed by atoms with E-state index >= 15 is 0 Å². The number of hydrogen-bond acceptors (Lipinski definition) is 2. The smallest absolute Gasteiger partial charge is 0.115 e. The number of aryl methyl sites for hydroxylation is 1. The number of likely N-dealkylation sites (tertiary alicyclic amines) is 1. The van der Waals surface area contributed by atoms with Crippen molar-refractivity contribution in [3.63, 3.8) is 0 Å². The summed E-state index contributed by atoms with van der Waals surface area (Å²) in [5.41, 5.74) is 3.18. The summed E-state index contributed by atoms with van der Waals surface area (Å²) < 4.78 is 0. The van der Waals surface area contributed by atoms with E-state index in [9.17, 15) is 5.11 Å². The summed E-state index contributed by atoms with van der Waals surface area (Å²) in [4.78, 5) is 2.71. The standard InChI is InChI=1S/C18H25NO/c1-18-8-9-19(11-13-2-3-13)12-15(18)6-4-14-5-7-16(20)10-17(14)18/h5,7,10,13,15,20H,2-4,6,8-9,11-12H2,1H3. The van der Waals surface area contributed by atoms with Crippen molar-refractivity contribution < 1.29 is 5.11 Å². The predicted molar refractivity (Wildman–Crippen MR) is 81.1 cm³/mol. The summed E-state index contributed by atoms with van der Waals surface area (Å²) in [6.07, 6.45) is 6.66. The zero-order chi connectivity index (χ0) is 13.7. The fourth-order valence-corrected chi connectivity index (χ4v) is 4.44. The minimum atomic E-state index is 0.284. The van der Waals surface area contributed by atoms with E-state index in [1.54, 1.807) is 0 Å². The Balaban J connectivity index is 1.60. The van der Waals surface area contributed by atoms with Gasteiger partial charge < -0.3 is 10.0 Å². The number of piperidine rings is 1. The van der Waals surface area contributed by atoms with Crippen LogP contribution >= 0.6 is 0 Å². The van der Waals surface area contributed by atoms with E-state index < -0.39 is 0 Å². The minimum absolute atomic E-state index is 0.284. The highest BCUT2D eigenvalue weighted by Crippen LogP contribution is 2.48. The van der Waals surface area contributed by atoms with Gasteiger partial charge in [-0.15, -0.1) is 0 Å². The molecule has 0 aromatic heterocycles. The van der Waals surface area contributed by atoms with Crippen LogP contribution < -0.4 is 0 Å². The van der Waals surface area contributed by atoms with E-state index in [0.717, 1.165) is 11.8 Å². The maximum atomic E-state index is 9.86. The second-order valence-corrected chi connectivity index (χ2v) is 7.45. The fourth-order valence-electron chi connectivity index (χ4n) is 4.44. The Kier molecular flexibility index (Phi) is 2.85. The lowest BCUT2D eigenvalue weighted by molar-refractivity contribution is 0.0839. The van der Waals surface area contributed by atoms with Crippen LogP contribution in [-0.2, 0) is 11.8 Å². The molecule has 3 aliphatic rings. The summed E-state index contributed by atoms with van der Waals surface area (Å²) in [6, 6.07) is 6.03. The van der Waals surface area contributed by atoms with Gasteiger partial charge in [-0.3, -0.25) is 0 Å². The van der Waals surface area contributed by atoms with Crippen molar-refractivity contribution in [1.82, 2.24) is 4.90 Å². The number of benzene rings is 1. The molecule has 1 aromatic rings. The van der Waals surface area contributed by atoms with Gasteiger partial charge in [-0.25, -0.2) is 0 Å². The Labute approximate surface area is 121 Å². The molecule has 1 aromatic carbocycles. The van der Waals surface area contributed by atoms with Crippen molar-refractivity contribution in [3.05, 3.63) is 29.3 Å². The SMILES string of the molecule is CC12CCN(CC3CC3)CC1CCc1ccc(O)cc12. The molecule has 4 rings (SSSR count). The third kappa shape index (κ3) is 2.05. The third-order valence-corrected chi connectivity index (χ3v) is 6.01. The average Bonchev–Trinajstić information content (AvgIpc) is 3.24. The van der Waals surface area contributed by atoms with Crippen LogP contribution in [0.25, 0.3) is 0 Å². The molecule has 2 fully saturated rings. The van der Waals surface area contributed by atoms with Crippen molar-refractivity contribution in [3.8, 4) is 5.75 Å². The first-order valence-electron chi connectivity index (χ1n) is 8.20. The van der Waals surface area contributed by atoms with Crippen LogP contribution in [0.4, 0.5) is 0 Å². The van der Waals surface area contributed by atoms with E-state index in [1.165, 1.54) is 62.9 Å². The van der Waals surface area contributed by atoms with Gasteiger partial charge >= 0.3 is 0 Å². The Bertz CT molecular complexity index is 522. The zero-order valence-corrected chi connectivity index (χ0v) is 12.4. The molecule has 1 N–H and O–H groups in total. The van der Waals surface area contributed by atoms with Gasteiger partial charge in [0.15, 0.2) is 0 Å². The highest BCUT2D eigenvalue weighted by atomic mass is 16.3. The van der Waals surface area contributed by atoms with Crippen LogP contribution in [-0.4, -0.2) is 29.6 Å². The summed E-state index contributed by atoms with van der Waals surface area (Å²) in [5.74, 6) is 2.20. The summed E-state index contributed by atoms with van der Waals surface area (Å²) in [6.45, 7) is 6.27. The lowest BCUT2D eigenvalue weighted by atomic mass is 9.61. The quantitative estimate of drug-likeness (QED) is 0.892. The van der Waals surface area contributed by atoms with Crippen LogP contribution in [0.1, 0.15) is 43.7 Å². The van der Waals surface area contributed by atoms with Gasteiger partial charge in [-0.2, -0.15) is 0 Å². The molecule has 1 heterocycles. The molecule has 2 heteroatoms. The van der Waals surface area contributed by atoms with E-state index in [4.69, 9.17) is 0 Å². The highest BCUT2D eigenvalue weighted by Gasteiger charge is 2.44. The molecule has 20 heavy (non-hydrogen) atoms. The van der Waals surface area contributed by atoms with Crippen molar-refractivity contribution in [2.75, 3.05) is 19.6 Å². The maximum Gasteiger partial charge on any atom is 0.115 e. The monoisotopic (exact) mass is 271 g/mol. The van der Waals surface area contributed by atoms with Crippen molar-refractivity contribution >= 4 is 0 Å². The Morgan fingerprint density at radius 3 is 2.95 bits per heavy atom. The van der Waals surface area contributed by atoms with Crippen LogP contribution in [0.3, 0.4) is 0 Å². The number of fused-ring (bicyclic) bond motifs is 3. The molecule has 1 saturated carbocycles. The molecule has 0 radical (unpaired) electrons. The van der Waals surface area contributed by atoms with Gasteiger partial charge in [0, 0.05) is 13.1 Å². The molecule has 0 amide bonds. The molecule has 1 saturated heterocycles. The topological polar surface area (TPSA) is 23.5 Å². The van der Waals surface area contributed by atoms with Crippen molar-refractivity contribution in [2.45, 2.75) is 44.4 Å². The normalized spacial score (nSPS) is 33.5. The molecular formula is C18H25NO. The first-order valence-corrected chi connectivity index (χ1v) is 8.20. The third-order valence-electron chi connectivity index (χ3n) is 6.01. The average molecular weight is 271 g/mol. The van der Waals surface area contributed by atoms with Gasteiger partial charge in [0.25, 0.3) is 0 Å². The van der Waals surface area contributed by atoms with Gasteiger partial charge in [-0.1, -0.05) is 13.0 Å².